The van der Waals surface area contributed by atoms with E-state index in [0.717, 1.165) is 14.7 Å². The molecule has 4 aromatic rings. The number of halogens is 3. The SMILES string of the molecule is O=C(N/N=C/c1ccc(OCc2ccc(Cl)cc2Cl)c(I)c1)c1cc2cc([N+](=O)[O-])ccc2o1. The quantitative estimate of drug-likeness (QED) is 0.110. The van der Waals surface area contributed by atoms with E-state index in [2.05, 4.69) is 33.1 Å². The van der Waals surface area contributed by atoms with Crippen LogP contribution in [0.3, 0.4) is 0 Å². The molecule has 34 heavy (non-hydrogen) atoms. The van der Waals surface area contributed by atoms with Crippen molar-refractivity contribution in [2.75, 3.05) is 0 Å². The first kappa shape index (κ1) is 24.0. The molecule has 0 aliphatic heterocycles. The fraction of sp³-hybridized carbons (Fsp3) is 0.0435. The van der Waals surface area contributed by atoms with Gasteiger partial charge in [-0.2, -0.15) is 5.10 Å². The number of hydrogen-bond donors (Lipinski definition) is 1. The minimum absolute atomic E-state index is 0.00756. The zero-order chi connectivity index (χ0) is 24.2. The van der Waals surface area contributed by atoms with E-state index in [1.165, 1.54) is 30.5 Å². The van der Waals surface area contributed by atoms with Gasteiger partial charge in [0.05, 0.1) is 14.7 Å². The third-order valence-corrected chi connectivity index (χ3v) is 6.10. The van der Waals surface area contributed by atoms with Crippen LogP contribution in [-0.4, -0.2) is 17.0 Å². The first-order valence-corrected chi connectivity index (χ1v) is 11.5. The molecule has 0 bridgehead atoms. The highest BCUT2D eigenvalue weighted by Crippen LogP contribution is 2.26. The van der Waals surface area contributed by atoms with E-state index in [1.807, 2.05) is 12.1 Å². The molecular weight excluding hydrogens is 596 g/mol. The Kier molecular flexibility index (Phi) is 7.35. The Balaban J connectivity index is 1.38. The number of nitro groups is 1. The van der Waals surface area contributed by atoms with Gasteiger partial charge in [0.1, 0.15) is 17.9 Å². The topological polar surface area (TPSA) is 107 Å². The third-order valence-electron chi connectivity index (χ3n) is 4.67. The van der Waals surface area contributed by atoms with E-state index in [-0.39, 0.29) is 18.1 Å². The summed E-state index contributed by atoms with van der Waals surface area (Å²) in [7, 11) is 0. The lowest BCUT2D eigenvalue weighted by Crippen LogP contribution is -2.16. The van der Waals surface area contributed by atoms with Crippen molar-refractivity contribution in [3.05, 3.63) is 101 Å². The van der Waals surface area contributed by atoms with Gasteiger partial charge in [0.2, 0.25) is 0 Å². The van der Waals surface area contributed by atoms with Crippen LogP contribution in [0.1, 0.15) is 21.7 Å². The van der Waals surface area contributed by atoms with Crippen LogP contribution in [0.2, 0.25) is 10.0 Å². The number of nitrogens with zero attached hydrogens (tertiary/aromatic N) is 2. The maximum absolute atomic E-state index is 12.3. The second-order valence-electron chi connectivity index (χ2n) is 7.00. The molecule has 0 atom stereocenters. The highest BCUT2D eigenvalue weighted by molar-refractivity contribution is 14.1. The number of rotatable bonds is 7. The van der Waals surface area contributed by atoms with Gasteiger partial charge in [-0.3, -0.25) is 14.9 Å². The highest BCUT2D eigenvalue weighted by Gasteiger charge is 2.14. The van der Waals surface area contributed by atoms with Gasteiger partial charge in [0, 0.05) is 33.1 Å². The number of hydrazone groups is 1. The van der Waals surface area contributed by atoms with Crippen molar-refractivity contribution in [2.45, 2.75) is 6.61 Å². The Morgan fingerprint density at radius 2 is 1.97 bits per heavy atom. The van der Waals surface area contributed by atoms with Crippen molar-refractivity contribution in [3.8, 4) is 5.75 Å². The fourth-order valence-electron chi connectivity index (χ4n) is 2.99. The fourth-order valence-corrected chi connectivity index (χ4v) is 4.14. The molecule has 1 heterocycles. The molecule has 0 saturated carbocycles. The number of carbonyl (C=O) groups excluding carboxylic acids is 1. The maximum atomic E-state index is 12.3. The van der Waals surface area contributed by atoms with Gasteiger partial charge in [-0.25, -0.2) is 5.43 Å². The maximum Gasteiger partial charge on any atom is 0.307 e. The number of non-ortho nitro benzene ring substituents is 1. The molecule has 3 aromatic carbocycles. The summed E-state index contributed by atoms with van der Waals surface area (Å²) in [6.07, 6.45) is 1.48. The third kappa shape index (κ3) is 5.66. The van der Waals surface area contributed by atoms with Crippen molar-refractivity contribution in [3.63, 3.8) is 0 Å². The molecule has 0 aliphatic carbocycles. The molecule has 4 rings (SSSR count). The van der Waals surface area contributed by atoms with Gasteiger partial charge >= 0.3 is 5.91 Å². The van der Waals surface area contributed by atoms with Gasteiger partial charge in [-0.05, 0) is 70.6 Å². The van der Waals surface area contributed by atoms with E-state index in [1.54, 1.807) is 24.3 Å². The first-order valence-electron chi connectivity index (χ1n) is 9.68. The minimum Gasteiger partial charge on any atom is -0.488 e. The van der Waals surface area contributed by atoms with Crippen LogP contribution >= 0.6 is 45.8 Å². The normalized spacial score (nSPS) is 11.1. The van der Waals surface area contributed by atoms with Gasteiger partial charge < -0.3 is 9.15 Å². The minimum atomic E-state index is -0.579. The molecule has 0 fully saturated rings. The van der Waals surface area contributed by atoms with Crippen LogP contribution in [0.25, 0.3) is 11.0 Å². The summed E-state index contributed by atoms with van der Waals surface area (Å²) in [6, 6.07) is 16.2. The van der Waals surface area contributed by atoms with Crippen LogP contribution in [0.5, 0.6) is 5.75 Å². The Bertz CT molecular complexity index is 1440. The Morgan fingerprint density at radius 1 is 1.15 bits per heavy atom. The lowest BCUT2D eigenvalue weighted by molar-refractivity contribution is -0.384. The smallest absolute Gasteiger partial charge is 0.307 e. The van der Waals surface area contributed by atoms with Gasteiger partial charge in [0.25, 0.3) is 5.69 Å². The number of carbonyl (C=O) groups is 1. The van der Waals surface area contributed by atoms with E-state index < -0.39 is 10.8 Å². The number of benzene rings is 3. The van der Waals surface area contributed by atoms with Gasteiger partial charge in [-0.1, -0.05) is 29.3 Å². The Hall–Kier alpha value is -3.15. The molecule has 0 unspecified atom stereocenters. The number of nitrogens with one attached hydrogen (secondary N) is 1. The van der Waals surface area contributed by atoms with Crippen LogP contribution in [0.4, 0.5) is 5.69 Å². The van der Waals surface area contributed by atoms with Gasteiger partial charge in [0.15, 0.2) is 5.76 Å². The molecule has 0 saturated heterocycles. The second kappa shape index (κ2) is 10.4. The Labute approximate surface area is 216 Å². The number of ether oxygens (including phenoxy) is 1. The summed E-state index contributed by atoms with van der Waals surface area (Å²) >= 11 is 14.2. The summed E-state index contributed by atoms with van der Waals surface area (Å²) in [5.41, 5.74) is 4.21. The summed E-state index contributed by atoms with van der Waals surface area (Å²) in [5.74, 6) is 0.0839. The van der Waals surface area contributed by atoms with E-state index in [9.17, 15) is 14.9 Å². The van der Waals surface area contributed by atoms with Crippen LogP contribution in [0.15, 0.2) is 70.2 Å². The van der Waals surface area contributed by atoms with Crippen molar-refractivity contribution in [1.82, 2.24) is 5.43 Å². The van der Waals surface area contributed by atoms with Crippen molar-refractivity contribution < 1.29 is 18.9 Å². The van der Waals surface area contributed by atoms with Crippen LogP contribution in [-0.2, 0) is 6.61 Å². The predicted octanol–water partition coefficient (Wildman–Crippen LogP) is 6.60. The largest absolute Gasteiger partial charge is 0.488 e. The monoisotopic (exact) mass is 609 g/mol. The number of amides is 1. The molecule has 0 spiro atoms. The number of fused-ring (bicyclic) bond motifs is 1. The number of furan rings is 1. The summed E-state index contributed by atoms with van der Waals surface area (Å²) in [6.45, 7) is 0.288. The zero-order valence-corrected chi connectivity index (χ0v) is 20.8. The first-order chi connectivity index (χ1) is 16.3. The summed E-state index contributed by atoms with van der Waals surface area (Å²) < 4.78 is 12.1. The predicted molar refractivity (Wildman–Crippen MR) is 138 cm³/mol. The molecule has 1 amide bonds. The molecular formula is C23H14Cl2IN3O5. The van der Waals surface area contributed by atoms with Crippen LogP contribution in [0, 0.1) is 13.7 Å². The zero-order valence-electron chi connectivity index (χ0n) is 17.1. The number of nitro benzene ring substituents is 1. The average molecular weight is 610 g/mol. The van der Waals surface area contributed by atoms with E-state index >= 15 is 0 Å². The van der Waals surface area contributed by atoms with Crippen molar-refractivity contribution >= 4 is 74.6 Å². The average Bonchev–Trinajstić information content (AvgIpc) is 3.23. The Morgan fingerprint density at radius 3 is 2.71 bits per heavy atom. The number of hydrogen-bond acceptors (Lipinski definition) is 6. The molecule has 1 aromatic heterocycles. The molecule has 8 nitrogen and oxygen atoms in total. The summed E-state index contributed by atoms with van der Waals surface area (Å²) in [5, 5.41) is 16.4. The van der Waals surface area contributed by atoms with Crippen LogP contribution < -0.4 is 10.2 Å². The standard InChI is InChI=1S/C23H14Cl2IN3O5/c24-16-3-2-14(18(25)10-16)12-33-21-5-1-13(7-19(21)26)11-27-28-23(30)22-9-15-8-17(29(31)32)4-6-20(15)34-22/h1-11H,12H2,(H,28,30)/b27-11+. The molecule has 1 N–H and O–H groups in total. The molecule has 0 aliphatic rings. The lowest BCUT2D eigenvalue weighted by atomic mass is 10.2. The van der Waals surface area contributed by atoms with Gasteiger partial charge in [-0.15, -0.1) is 0 Å². The highest BCUT2D eigenvalue weighted by atomic mass is 127. The van der Waals surface area contributed by atoms with Crippen molar-refractivity contribution in [2.24, 2.45) is 5.10 Å². The molecule has 172 valence electrons. The van der Waals surface area contributed by atoms with E-state index in [0.29, 0.717) is 26.8 Å². The lowest BCUT2D eigenvalue weighted by Gasteiger charge is -2.10. The second-order valence-corrected chi connectivity index (χ2v) is 9.01. The van der Waals surface area contributed by atoms with E-state index in [4.69, 9.17) is 32.4 Å². The van der Waals surface area contributed by atoms with Crippen molar-refractivity contribution in [1.29, 1.82) is 0 Å². The molecule has 0 radical (unpaired) electrons. The summed E-state index contributed by atoms with van der Waals surface area (Å²) in [4.78, 5) is 22.7. The molecule has 11 heteroatoms.